The number of fused-ring (bicyclic) bond motifs is 1. The number of carbonyl (C=O) groups excluding carboxylic acids is 2. The lowest BCUT2D eigenvalue weighted by Gasteiger charge is -2.14. The monoisotopic (exact) mass is 373 g/mol. The number of anilines is 1. The quantitative estimate of drug-likeness (QED) is 0.706. The van der Waals surface area contributed by atoms with E-state index < -0.39 is 23.8 Å². The third-order valence-electron chi connectivity index (χ3n) is 3.56. The molecule has 0 fully saturated rings. The summed E-state index contributed by atoms with van der Waals surface area (Å²) >= 11 is 5.67. The Hall–Kier alpha value is -3.06. The van der Waals surface area contributed by atoms with Gasteiger partial charge in [-0.3, -0.25) is 14.8 Å². The summed E-state index contributed by atoms with van der Waals surface area (Å²) in [4.78, 5) is 32.8. The van der Waals surface area contributed by atoms with Gasteiger partial charge in [-0.2, -0.15) is 0 Å². The molecule has 0 saturated heterocycles. The highest BCUT2D eigenvalue weighted by molar-refractivity contribution is 6.31. The van der Waals surface area contributed by atoms with Gasteiger partial charge in [0.25, 0.3) is 5.91 Å². The Morgan fingerprint density at radius 1 is 1.19 bits per heavy atom. The van der Waals surface area contributed by atoms with Crippen LogP contribution in [0.5, 0.6) is 0 Å². The Balaban J connectivity index is 1.72. The molecule has 0 aliphatic rings. The highest BCUT2D eigenvalue weighted by Crippen LogP contribution is 2.20. The molecule has 1 N–H and O–H groups in total. The number of hydrogen-bond acceptors (Lipinski definition) is 5. The zero-order valence-corrected chi connectivity index (χ0v) is 14.3. The van der Waals surface area contributed by atoms with Gasteiger partial charge < -0.3 is 10.1 Å². The highest BCUT2D eigenvalue weighted by Gasteiger charge is 2.21. The normalized spacial score (nSPS) is 11.8. The number of esters is 1. The predicted molar refractivity (Wildman–Crippen MR) is 94.5 cm³/mol. The Bertz CT molecular complexity index is 991. The second kappa shape index (κ2) is 7.45. The first-order valence-electron chi connectivity index (χ1n) is 7.62. The Labute approximate surface area is 153 Å². The number of ether oxygens (including phenoxy) is 1. The third kappa shape index (κ3) is 3.78. The number of nitrogens with one attached hydrogen (secondary N) is 1. The number of nitrogens with zero attached hydrogens (tertiary/aromatic N) is 2. The van der Waals surface area contributed by atoms with Crippen LogP contribution in [-0.2, 0) is 9.53 Å². The summed E-state index contributed by atoms with van der Waals surface area (Å²) in [6.45, 7) is 1.43. The zero-order valence-electron chi connectivity index (χ0n) is 13.6. The molecule has 8 heteroatoms. The van der Waals surface area contributed by atoms with Crippen LogP contribution in [0.1, 0.15) is 17.3 Å². The van der Waals surface area contributed by atoms with E-state index in [2.05, 4.69) is 15.3 Å². The van der Waals surface area contributed by atoms with Crippen molar-refractivity contribution in [3.05, 3.63) is 65.2 Å². The summed E-state index contributed by atoms with van der Waals surface area (Å²) in [7, 11) is 0. The largest absolute Gasteiger partial charge is 0.449 e. The average Bonchev–Trinajstić information content (AvgIpc) is 2.64. The zero-order chi connectivity index (χ0) is 18.7. The van der Waals surface area contributed by atoms with Crippen LogP contribution in [0.15, 0.2) is 48.8 Å². The van der Waals surface area contributed by atoms with Gasteiger partial charge in [0.15, 0.2) is 6.10 Å². The standard InChI is InChI=1S/C18H13ClFN3O3/c1-10(17(24)23-11-5-6-14(20)13(19)9-11)26-18(25)12-3-2-4-15-16(12)22-8-7-21-15/h2-10H,1H3,(H,23,24). The molecule has 1 atom stereocenters. The second-order valence-electron chi connectivity index (χ2n) is 5.40. The first-order valence-corrected chi connectivity index (χ1v) is 8.00. The minimum atomic E-state index is -1.08. The molecule has 132 valence electrons. The third-order valence-corrected chi connectivity index (χ3v) is 3.85. The topological polar surface area (TPSA) is 81.2 Å². The van der Waals surface area contributed by atoms with Gasteiger partial charge in [0, 0.05) is 18.1 Å². The number of hydrogen-bond donors (Lipinski definition) is 1. The fourth-order valence-corrected chi connectivity index (χ4v) is 2.43. The minimum absolute atomic E-state index is 0.123. The van der Waals surface area contributed by atoms with Crippen molar-refractivity contribution in [2.75, 3.05) is 5.32 Å². The lowest BCUT2D eigenvalue weighted by Crippen LogP contribution is -2.30. The minimum Gasteiger partial charge on any atom is -0.449 e. The molecule has 3 rings (SSSR count). The van der Waals surface area contributed by atoms with E-state index in [-0.39, 0.29) is 10.6 Å². The van der Waals surface area contributed by atoms with Crippen molar-refractivity contribution in [1.82, 2.24) is 9.97 Å². The van der Waals surface area contributed by atoms with Crippen LogP contribution in [0.2, 0.25) is 5.02 Å². The van der Waals surface area contributed by atoms with E-state index in [4.69, 9.17) is 16.3 Å². The van der Waals surface area contributed by atoms with Crippen LogP contribution in [0, 0.1) is 5.82 Å². The molecule has 0 radical (unpaired) electrons. The SMILES string of the molecule is CC(OC(=O)c1cccc2nccnc12)C(=O)Nc1ccc(F)c(Cl)c1. The molecule has 2 aromatic carbocycles. The van der Waals surface area contributed by atoms with Gasteiger partial charge in [-0.05, 0) is 37.3 Å². The van der Waals surface area contributed by atoms with E-state index in [1.54, 1.807) is 18.2 Å². The summed E-state index contributed by atoms with van der Waals surface area (Å²) in [5.74, 6) is -1.87. The molecule has 0 saturated carbocycles. The van der Waals surface area contributed by atoms with Crippen molar-refractivity contribution in [3.8, 4) is 0 Å². The molecule has 1 heterocycles. The van der Waals surface area contributed by atoms with Gasteiger partial charge in [-0.15, -0.1) is 0 Å². The molecule has 0 bridgehead atoms. The molecular weight excluding hydrogens is 361 g/mol. The molecule has 0 aliphatic heterocycles. The summed E-state index contributed by atoms with van der Waals surface area (Å²) in [6.07, 6.45) is 1.90. The van der Waals surface area contributed by atoms with Crippen molar-refractivity contribution < 1.29 is 18.7 Å². The summed E-state index contributed by atoms with van der Waals surface area (Å²) < 4.78 is 18.4. The molecule has 0 aliphatic carbocycles. The maximum Gasteiger partial charge on any atom is 0.341 e. The molecule has 1 amide bonds. The number of rotatable bonds is 4. The van der Waals surface area contributed by atoms with Crippen LogP contribution in [0.3, 0.4) is 0 Å². The molecular formula is C18H13ClFN3O3. The molecule has 26 heavy (non-hydrogen) atoms. The van der Waals surface area contributed by atoms with Crippen LogP contribution in [0.25, 0.3) is 11.0 Å². The van der Waals surface area contributed by atoms with Crippen LogP contribution in [-0.4, -0.2) is 27.9 Å². The van der Waals surface area contributed by atoms with Gasteiger partial charge in [0.05, 0.1) is 16.1 Å². The highest BCUT2D eigenvalue weighted by atomic mass is 35.5. The van der Waals surface area contributed by atoms with E-state index in [9.17, 15) is 14.0 Å². The maximum absolute atomic E-state index is 13.2. The number of aromatic nitrogens is 2. The fourth-order valence-electron chi connectivity index (χ4n) is 2.25. The van der Waals surface area contributed by atoms with Gasteiger partial charge in [0.2, 0.25) is 0 Å². The Morgan fingerprint density at radius 3 is 2.73 bits per heavy atom. The lowest BCUT2D eigenvalue weighted by atomic mass is 10.2. The fraction of sp³-hybridized carbons (Fsp3) is 0.111. The van der Waals surface area contributed by atoms with Crippen LogP contribution >= 0.6 is 11.6 Å². The van der Waals surface area contributed by atoms with Crippen molar-refractivity contribution in [2.24, 2.45) is 0 Å². The molecule has 0 spiro atoms. The molecule has 6 nitrogen and oxygen atoms in total. The van der Waals surface area contributed by atoms with Crippen LogP contribution in [0.4, 0.5) is 10.1 Å². The second-order valence-corrected chi connectivity index (χ2v) is 5.80. The van der Waals surface area contributed by atoms with Crippen LogP contribution < -0.4 is 5.32 Å². The number of para-hydroxylation sites is 1. The number of halogens is 2. The van der Waals surface area contributed by atoms with Crippen molar-refractivity contribution in [1.29, 1.82) is 0 Å². The van der Waals surface area contributed by atoms with E-state index >= 15 is 0 Å². The Kier molecular flexibility index (Phi) is 5.09. The van der Waals surface area contributed by atoms with E-state index in [1.807, 2.05) is 0 Å². The molecule has 1 aromatic heterocycles. The van der Waals surface area contributed by atoms with Crippen molar-refractivity contribution in [2.45, 2.75) is 13.0 Å². The summed E-state index contributed by atoms with van der Waals surface area (Å²) in [5, 5.41) is 2.39. The van der Waals surface area contributed by atoms with Crippen molar-refractivity contribution >= 4 is 40.2 Å². The summed E-state index contributed by atoms with van der Waals surface area (Å²) in [6, 6.07) is 8.66. The number of benzene rings is 2. The van der Waals surface area contributed by atoms with E-state index in [0.29, 0.717) is 16.7 Å². The van der Waals surface area contributed by atoms with E-state index in [1.165, 1.54) is 31.5 Å². The Morgan fingerprint density at radius 2 is 1.96 bits per heavy atom. The first kappa shape index (κ1) is 17.8. The van der Waals surface area contributed by atoms with Gasteiger partial charge >= 0.3 is 5.97 Å². The van der Waals surface area contributed by atoms with Crippen molar-refractivity contribution in [3.63, 3.8) is 0 Å². The molecule has 1 unspecified atom stereocenters. The van der Waals surface area contributed by atoms with E-state index in [0.717, 1.165) is 6.07 Å². The van der Waals surface area contributed by atoms with Gasteiger partial charge in [0.1, 0.15) is 11.3 Å². The number of carbonyl (C=O) groups is 2. The maximum atomic E-state index is 13.2. The lowest BCUT2D eigenvalue weighted by molar-refractivity contribution is -0.123. The average molecular weight is 374 g/mol. The predicted octanol–water partition coefficient (Wildman–Crippen LogP) is 3.61. The van der Waals surface area contributed by atoms with Gasteiger partial charge in [-0.1, -0.05) is 17.7 Å². The summed E-state index contributed by atoms with van der Waals surface area (Å²) in [5.41, 5.74) is 1.43. The first-order chi connectivity index (χ1) is 12.5. The molecule has 3 aromatic rings. The smallest absolute Gasteiger partial charge is 0.341 e. The number of amides is 1. The van der Waals surface area contributed by atoms with Gasteiger partial charge in [-0.25, -0.2) is 9.18 Å².